The lowest BCUT2D eigenvalue weighted by molar-refractivity contribution is -0.384. The van der Waals surface area contributed by atoms with E-state index in [-0.39, 0.29) is 11.6 Å². The van der Waals surface area contributed by atoms with E-state index in [1.807, 2.05) is 0 Å². The molecule has 3 rings (SSSR count). The van der Waals surface area contributed by atoms with Crippen molar-refractivity contribution in [2.24, 2.45) is 10.2 Å². The molecule has 0 radical (unpaired) electrons. The van der Waals surface area contributed by atoms with Gasteiger partial charge in [-0.3, -0.25) is 14.9 Å². The van der Waals surface area contributed by atoms with Crippen LogP contribution >= 0.6 is 0 Å². The number of nitrogens with zero attached hydrogens (tertiary/aromatic N) is 4. The number of aromatic nitrogens is 1. The smallest absolute Gasteiger partial charge is 0.269 e. The van der Waals surface area contributed by atoms with Crippen LogP contribution in [0.1, 0.15) is 22.1 Å². The third-order valence-electron chi connectivity index (χ3n) is 2.99. The molecule has 2 heterocycles. The summed E-state index contributed by atoms with van der Waals surface area (Å²) < 4.78 is 0. The van der Waals surface area contributed by atoms with E-state index in [0.29, 0.717) is 16.9 Å². The topological polar surface area (TPSA) is 110 Å². The molecule has 21 heavy (non-hydrogen) atoms. The fourth-order valence-corrected chi connectivity index (χ4v) is 1.93. The van der Waals surface area contributed by atoms with Gasteiger partial charge in [-0.2, -0.15) is 5.11 Å². The Bertz CT molecular complexity index is 742. The Morgan fingerprint density at radius 2 is 2.00 bits per heavy atom. The summed E-state index contributed by atoms with van der Waals surface area (Å²) in [6.07, 6.45) is 1.01. The Morgan fingerprint density at radius 1 is 1.24 bits per heavy atom. The Morgan fingerprint density at radius 3 is 2.71 bits per heavy atom. The van der Waals surface area contributed by atoms with Crippen molar-refractivity contribution in [1.82, 2.24) is 10.3 Å². The van der Waals surface area contributed by atoms with E-state index in [1.54, 1.807) is 18.3 Å². The second kappa shape index (κ2) is 5.08. The number of nitro groups is 1. The van der Waals surface area contributed by atoms with Gasteiger partial charge in [0.15, 0.2) is 12.0 Å². The Balaban J connectivity index is 1.76. The van der Waals surface area contributed by atoms with Crippen LogP contribution in [0.2, 0.25) is 0 Å². The lowest BCUT2D eigenvalue weighted by Gasteiger charge is -2.10. The molecule has 1 aliphatic rings. The van der Waals surface area contributed by atoms with Crippen molar-refractivity contribution >= 4 is 17.4 Å². The van der Waals surface area contributed by atoms with Gasteiger partial charge < -0.3 is 5.32 Å². The van der Waals surface area contributed by atoms with Crippen LogP contribution in [-0.4, -0.2) is 15.8 Å². The van der Waals surface area contributed by atoms with Crippen molar-refractivity contribution < 1.29 is 9.72 Å². The number of carbonyl (C=O) groups is 1. The molecule has 1 aromatic carbocycles. The van der Waals surface area contributed by atoms with Crippen LogP contribution in [0.25, 0.3) is 0 Å². The van der Waals surface area contributed by atoms with E-state index in [9.17, 15) is 14.9 Å². The highest BCUT2D eigenvalue weighted by atomic mass is 16.6. The summed E-state index contributed by atoms with van der Waals surface area (Å²) in [5.41, 5.74) is 0.961. The standard InChI is InChI=1S/C13H9N5O3/c19-13(8-3-5-9(6-4-8)18(20)21)15-12-10-2-1-7-14-11(10)16-17-12/h1-7,12H,(H,15,19). The first-order valence-electron chi connectivity index (χ1n) is 6.06. The second-order valence-electron chi connectivity index (χ2n) is 4.31. The predicted octanol–water partition coefficient (Wildman–Crippen LogP) is 2.52. The highest BCUT2D eigenvalue weighted by Crippen LogP contribution is 2.31. The molecule has 1 aliphatic heterocycles. The maximum Gasteiger partial charge on any atom is 0.269 e. The minimum atomic E-state index is -0.587. The van der Waals surface area contributed by atoms with Gasteiger partial charge in [0.1, 0.15) is 0 Å². The molecule has 1 amide bonds. The number of rotatable bonds is 3. The first-order valence-corrected chi connectivity index (χ1v) is 6.06. The third kappa shape index (κ3) is 2.46. The van der Waals surface area contributed by atoms with E-state index in [1.165, 1.54) is 24.3 Å². The molecule has 8 heteroatoms. The lowest BCUT2D eigenvalue weighted by atomic mass is 10.1. The maximum absolute atomic E-state index is 12.1. The molecule has 0 spiro atoms. The average Bonchev–Trinajstić information content (AvgIpc) is 2.91. The van der Waals surface area contributed by atoms with Crippen molar-refractivity contribution in [2.75, 3.05) is 0 Å². The highest BCUT2D eigenvalue weighted by Gasteiger charge is 2.23. The molecule has 1 N–H and O–H groups in total. The molecular formula is C13H9N5O3. The van der Waals surface area contributed by atoms with E-state index >= 15 is 0 Å². The van der Waals surface area contributed by atoms with Gasteiger partial charge >= 0.3 is 0 Å². The SMILES string of the molecule is O=C(NC1N=Nc2ncccc21)c1ccc([N+](=O)[O-])cc1. The maximum atomic E-state index is 12.1. The van der Waals surface area contributed by atoms with Crippen LogP contribution in [0.15, 0.2) is 52.8 Å². The van der Waals surface area contributed by atoms with Crippen molar-refractivity contribution in [1.29, 1.82) is 0 Å². The van der Waals surface area contributed by atoms with E-state index in [2.05, 4.69) is 20.5 Å². The monoisotopic (exact) mass is 283 g/mol. The summed E-state index contributed by atoms with van der Waals surface area (Å²) in [6, 6.07) is 8.86. The Hall–Kier alpha value is -3.16. The first-order chi connectivity index (χ1) is 10.1. The molecule has 1 aromatic heterocycles. The molecule has 0 saturated carbocycles. The zero-order valence-electron chi connectivity index (χ0n) is 10.6. The number of hydrogen-bond acceptors (Lipinski definition) is 6. The van der Waals surface area contributed by atoms with E-state index in [0.717, 1.165) is 0 Å². The predicted molar refractivity (Wildman–Crippen MR) is 72.1 cm³/mol. The van der Waals surface area contributed by atoms with Crippen LogP contribution in [-0.2, 0) is 0 Å². The van der Waals surface area contributed by atoms with Gasteiger partial charge in [-0.05, 0) is 24.3 Å². The van der Waals surface area contributed by atoms with Crippen molar-refractivity contribution in [2.45, 2.75) is 6.17 Å². The number of nitrogens with one attached hydrogen (secondary N) is 1. The number of carbonyl (C=O) groups excluding carboxylic acids is 1. The fourth-order valence-electron chi connectivity index (χ4n) is 1.93. The van der Waals surface area contributed by atoms with Crippen molar-refractivity contribution in [3.8, 4) is 0 Å². The van der Waals surface area contributed by atoms with E-state index < -0.39 is 11.1 Å². The lowest BCUT2D eigenvalue weighted by Crippen LogP contribution is -2.26. The molecule has 0 saturated heterocycles. The van der Waals surface area contributed by atoms with Gasteiger partial charge in [0.05, 0.1) is 4.92 Å². The summed E-state index contributed by atoms with van der Waals surface area (Å²) in [6.45, 7) is 0. The molecule has 0 bridgehead atoms. The number of azo groups is 1. The van der Waals surface area contributed by atoms with Crippen molar-refractivity contribution in [3.05, 3.63) is 63.8 Å². The van der Waals surface area contributed by atoms with Crippen LogP contribution in [0, 0.1) is 10.1 Å². The van der Waals surface area contributed by atoms with Crippen molar-refractivity contribution in [3.63, 3.8) is 0 Å². The number of hydrogen-bond donors (Lipinski definition) is 1. The Labute approximate surface area is 118 Å². The summed E-state index contributed by atoms with van der Waals surface area (Å²) in [4.78, 5) is 26.2. The molecule has 104 valence electrons. The second-order valence-corrected chi connectivity index (χ2v) is 4.31. The quantitative estimate of drug-likeness (QED) is 0.689. The Kier molecular flexibility index (Phi) is 3.11. The van der Waals surface area contributed by atoms with Gasteiger partial charge in [-0.1, -0.05) is 0 Å². The van der Waals surface area contributed by atoms with Gasteiger partial charge in [-0.15, -0.1) is 5.11 Å². The molecular weight excluding hydrogens is 274 g/mol. The molecule has 2 aromatic rings. The number of non-ortho nitro benzene ring substituents is 1. The zero-order chi connectivity index (χ0) is 14.8. The first kappa shape index (κ1) is 12.9. The van der Waals surface area contributed by atoms with E-state index in [4.69, 9.17) is 0 Å². The molecule has 8 nitrogen and oxygen atoms in total. The normalized spacial score (nSPS) is 15.5. The fraction of sp³-hybridized carbons (Fsp3) is 0.0769. The molecule has 0 aliphatic carbocycles. The minimum absolute atomic E-state index is 0.0679. The molecule has 1 atom stereocenters. The highest BCUT2D eigenvalue weighted by molar-refractivity contribution is 5.94. The summed E-state index contributed by atoms with van der Waals surface area (Å²) in [7, 11) is 0. The summed E-state index contributed by atoms with van der Waals surface area (Å²) in [5, 5.41) is 21.1. The van der Waals surface area contributed by atoms with Crippen LogP contribution < -0.4 is 5.32 Å². The number of amides is 1. The third-order valence-corrected chi connectivity index (χ3v) is 2.99. The van der Waals surface area contributed by atoms with Gasteiger partial charge in [0.2, 0.25) is 0 Å². The number of pyridine rings is 1. The minimum Gasteiger partial charge on any atom is -0.325 e. The van der Waals surface area contributed by atoms with Gasteiger partial charge in [-0.25, -0.2) is 4.98 Å². The largest absolute Gasteiger partial charge is 0.325 e. The number of benzene rings is 1. The molecule has 1 unspecified atom stereocenters. The zero-order valence-corrected chi connectivity index (χ0v) is 10.6. The van der Waals surface area contributed by atoms with Gasteiger partial charge in [0.25, 0.3) is 11.6 Å². The average molecular weight is 283 g/mol. The van der Waals surface area contributed by atoms with Gasteiger partial charge in [0, 0.05) is 29.5 Å². The number of fused-ring (bicyclic) bond motifs is 1. The molecule has 0 fully saturated rings. The van der Waals surface area contributed by atoms with Crippen LogP contribution in [0.5, 0.6) is 0 Å². The summed E-state index contributed by atoms with van der Waals surface area (Å²) >= 11 is 0. The summed E-state index contributed by atoms with van der Waals surface area (Å²) in [5.74, 6) is 0.0945. The number of nitro benzene ring substituents is 1. The van der Waals surface area contributed by atoms with Crippen LogP contribution in [0.4, 0.5) is 11.5 Å². The van der Waals surface area contributed by atoms with Crippen LogP contribution in [0.3, 0.4) is 0 Å².